The number of aryl methyl sites for hydroxylation is 2. The van der Waals surface area contributed by atoms with Gasteiger partial charge in [0.15, 0.2) is 0 Å². The van der Waals surface area contributed by atoms with Gasteiger partial charge >= 0.3 is 0 Å². The minimum atomic E-state index is -0.0948. The van der Waals surface area contributed by atoms with E-state index in [4.69, 9.17) is 0 Å². The van der Waals surface area contributed by atoms with Gasteiger partial charge in [0.2, 0.25) is 0 Å². The van der Waals surface area contributed by atoms with E-state index < -0.39 is 0 Å². The Morgan fingerprint density at radius 2 is 2.16 bits per heavy atom. The van der Waals surface area contributed by atoms with E-state index in [1.54, 1.807) is 0 Å². The summed E-state index contributed by atoms with van der Waals surface area (Å²) in [5.41, 5.74) is 3.07. The lowest BCUT2D eigenvalue weighted by molar-refractivity contribution is 0.0943. The second kappa shape index (κ2) is 5.93. The SMILES string of the molecule is CCc1nnsc1C(=O)N[C@@H](C)c1ccccc1C. The molecule has 0 saturated carbocycles. The second-order valence-corrected chi connectivity index (χ2v) is 5.21. The summed E-state index contributed by atoms with van der Waals surface area (Å²) in [4.78, 5) is 12.8. The third-order valence-electron chi connectivity index (χ3n) is 3.10. The topological polar surface area (TPSA) is 54.9 Å². The van der Waals surface area contributed by atoms with Crippen LogP contribution in [0.2, 0.25) is 0 Å². The van der Waals surface area contributed by atoms with Crippen molar-refractivity contribution in [1.82, 2.24) is 14.9 Å². The monoisotopic (exact) mass is 275 g/mol. The Balaban J connectivity index is 2.13. The molecule has 0 unspecified atom stereocenters. The van der Waals surface area contributed by atoms with Crippen LogP contribution in [0.1, 0.15) is 46.4 Å². The van der Waals surface area contributed by atoms with E-state index in [2.05, 4.69) is 14.9 Å². The smallest absolute Gasteiger partial charge is 0.265 e. The molecule has 19 heavy (non-hydrogen) atoms. The van der Waals surface area contributed by atoms with Crippen molar-refractivity contribution in [3.05, 3.63) is 46.0 Å². The van der Waals surface area contributed by atoms with Crippen molar-refractivity contribution in [2.75, 3.05) is 0 Å². The summed E-state index contributed by atoms with van der Waals surface area (Å²) < 4.78 is 3.84. The maximum atomic E-state index is 12.2. The van der Waals surface area contributed by atoms with Crippen LogP contribution in [0, 0.1) is 6.92 Å². The van der Waals surface area contributed by atoms with Gasteiger partial charge in [0.1, 0.15) is 4.88 Å². The van der Waals surface area contributed by atoms with E-state index in [0.29, 0.717) is 4.88 Å². The van der Waals surface area contributed by atoms with Crippen molar-refractivity contribution in [3.8, 4) is 0 Å². The average molecular weight is 275 g/mol. The van der Waals surface area contributed by atoms with Crippen LogP contribution in [0.15, 0.2) is 24.3 Å². The van der Waals surface area contributed by atoms with Gasteiger partial charge in [-0.1, -0.05) is 35.7 Å². The van der Waals surface area contributed by atoms with Gasteiger partial charge in [-0.3, -0.25) is 4.79 Å². The Morgan fingerprint density at radius 1 is 1.42 bits per heavy atom. The fourth-order valence-corrected chi connectivity index (χ4v) is 2.68. The molecule has 0 bridgehead atoms. The molecular weight excluding hydrogens is 258 g/mol. The number of carbonyl (C=O) groups is 1. The Labute approximate surface area is 117 Å². The molecule has 1 N–H and O–H groups in total. The van der Waals surface area contributed by atoms with E-state index >= 15 is 0 Å². The van der Waals surface area contributed by atoms with Gasteiger partial charge in [-0.2, -0.15) is 0 Å². The molecule has 0 aliphatic heterocycles. The summed E-state index contributed by atoms with van der Waals surface area (Å²) in [6.07, 6.45) is 0.720. The lowest BCUT2D eigenvalue weighted by Crippen LogP contribution is -2.27. The maximum Gasteiger partial charge on any atom is 0.265 e. The van der Waals surface area contributed by atoms with Crippen LogP contribution >= 0.6 is 11.5 Å². The quantitative estimate of drug-likeness (QED) is 0.933. The number of rotatable bonds is 4. The van der Waals surface area contributed by atoms with Crippen molar-refractivity contribution in [1.29, 1.82) is 0 Å². The summed E-state index contributed by atoms with van der Waals surface area (Å²) >= 11 is 1.15. The Kier molecular flexibility index (Phi) is 4.27. The average Bonchev–Trinajstić information content (AvgIpc) is 2.87. The van der Waals surface area contributed by atoms with Crippen LogP contribution in [0.5, 0.6) is 0 Å². The summed E-state index contributed by atoms with van der Waals surface area (Å²) in [6, 6.07) is 8.03. The van der Waals surface area contributed by atoms with Crippen LogP contribution in [-0.2, 0) is 6.42 Å². The van der Waals surface area contributed by atoms with Crippen molar-refractivity contribution < 1.29 is 4.79 Å². The molecular formula is C14H17N3OS. The van der Waals surface area contributed by atoms with E-state index in [-0.39, 0.29) is 11.9 Å². The Bertz CT molecular complexity index is 580. The zero-order chi connectivity index (χ0) is 13.8. The Morgan fingerprint density at radius 3 is 2.84 bits per heavy atom. The highest BCUT2D eigenvalue weighted by Crippen LogP contribution is 2.18. The first-order valence-corrected chi connectivity index (χ1v) is 7.08. The van der Waals surface area contributed by atoms with Gasteiger partial charge in [-0.15, -0.1) is 5.10 Å². The molecule has 0 spiro atoms. The van der Waals surface area contributed by atoms with Crippen LogP contribution in [0.25, 0.3) is 0 Å². The standard InChI is InChI=1S/C14H17N3OS/c1-4-12-13(19-17-16-12)14(18)15-10(3)11-8-6-5-7-9(11)2/h5-8,10H,4H2,1-3H3,(H,15,18)/t10-/m0/s1. The number of nitrogens with zero attached hydrogens (tertiary/aromatic N) is 2. The van der Waals surface area contributed by atoms with Crippen molar-refractivity contribution in [2.24, 2.45) is 0 Å². The van der Waals surface area contributed by atoms with E-state index in [1.165, 1.54) is 5.56 Å². The minimum Gasteiger partial charge on any atom is -0.345 e. The predicted molar refractivity (Wildman–Crippen MR) is 76.3 cm³/mol. The molecule has 0 aliphatic carbocycles. The molecule has 1 aromatic carbocycles. The number of hydrogen-bond donors (Lipinski definition) is 1. The molecule has 1 atom stereocenters. The maximum absolute atomic E-state index is 12.2. The zero-order valence-corrected chi connectivity index (χ0v) is 12.1. The lowest BCUT2D eigenvalue weighted by atomic mass is 10.0. The first-order valence-electron chi connectivity index (χ1n) is 6.31. The van der Waals surface area contributed by atoms with Gasteiger partial charge < -0.3 is 5.32 Å². The highest BCUT2D eigenvalue weighted by molar-refractivity contribution is 7.08. The van der Waals surface area contributed by atoms with Crippen molar-refractivity contribution >= 4 is 17.4 Å². The molecule has 0 fully saturated rings. The molecule has 1 heterocycles. The summed E-state index contributed by atoms with van der Waals surface area (Å²) in [5.74, 6) is -0.0948. The predicted octanol–water partition coefficient (Wildman–Crippen LogP) is 2.90. The number of aromatic nitrogens is 2. The van der Waals surface area contributed by atoms with Crippen LogP contribution in [0.4, 0.5) is 0 Å². The molecule has 0 radical (unpaired) electrons. The summed E-state index contributed by atoms with van der Waals surface area (Å²) in [7, 11) is 0. The molecule has 100 valence electrons. The first-order chi connectivity index (χ1) is 9.13. The fraction of sp³-hybridized carbons (Fsp3) is 0.357. The van der Waals surface area contributed by atoms with Gasteiger partial charge in [-0.05, 0) is 42.9 Å². The number of benzene rings is 1. The number of carbonyl (C=O) groups excluding carboxylic acids is 1. The molecule has 0 saturated heterocycles. The van der Waals surface area contributed by atoms with Crippen molar-refractivity contribution in [3.63, 3.8) is 0 Å². The third-order valence-corrected chi connectivity index (χ3v) is 3.87. The molecule has 2 aromatic rings. The zero-order valence-electron chi connectivity index (χ0n) is 11.3. The third kappa shape index (κ3) is 2.98. The van der Waals surface area contributed by atoms with E-state index in [9.17, 15) is 4.79 Å². The highest BCUT2D eigenvalue weighted by atomic mass is 32.1. The van der Waals surface area contributed by atoms with Gasteiger partial charge in [0.05, 0.1) is 11.7 Å². The minimum absolute atomic E-state index is 0.0273. The van der Waals surface area contributed by atoms with Crippen LogP contribution < -0.4 is 5.32 Å². The largest absolute Gasteiger partial charge is 0.345 e. The molecule has 0 aliphatic rings. The van der Waals surface area contributed by atoms with E-state index in [1.807, 2.05) is 45.0 Å². The molecule has 2 rings (SSSR count). The molecule has 1 amide bonds. The van der Waals surface area contributed by atoms with E-state index in [0.717, 1.165) is 29.2 Å². The van der Waals surface area contributed by atoms with Crippen LogP contribution in [-0.4, -0.2) is 15.5 Å². The van der Waals surface area contributed by atoms with Gasteiger partial charge in [0.25, 0.3) is 5.91 Å². The van der Waals surface area contributed by atoms with Gasteiger partial charge in [-0.25, -0.2) is 0 Å². The summed E-state index contributed by atoms with van der Waals surface area (Å²) in [6.45, 7) is 6.00. The van der Waals surface area contributed by atoms with Gasteiger partial charge in [0, 0.05) is 0 Å². The highest BCUT2D eigenvalue weighted by Gasteiger charge is 2.18. The summed E-state index contributed by atoms with van der Waals surface area (Å²) in [5, 5.41) is 6.97. The molecule has 1 aromatic heterocycles. The number of hydrogen-bond acceptors (Lipinski definition) is 4. The Hall–Kier alpha value is -1.75. The fourth-order valence-electron chi connectivity index (χ4n) is 2.02. The second-order valence-electron chi connectivity index (χ2n) is 4.45. The molecule has 4 nitrogen and oxygen atoms in total. The number of amides is 1. The van der Waals surface area contributed by atoms with Crippen molar-refractivity contribution in [2.45, 2.75) is 33.2 Å². The first kappa shape index (κ1) is 13.7. The number of nitrogens with one attached hydrogen (secondary N) is 1. The normalized spacial score (nSPS) is 12.2. The lowest BCUT2D eigenvalue weighted by Gasteiger charge is -2.16. The molecule has 5 heteroatoms. The van der Waals surface area contributed by atoms with Crippen LogP contribution in [0.3, 0.4) is 0 Å².